The van der Waals surface area contributed by atoms with Crippen molar-refractivity contribution < 1.29 is 19.7 Å². The summed E-state index contributed by atoms with van der Waals surface area (Å²) in [7, 11) is 0. The van der Waals surface area contributed by atoms with E-state index in [2.05, 4.69) is 0 Å². The number of hydrogen-bond donors (Lipinski definition) is 2. The van der Waals surface area contributed by atoms with Crippen molar-refractivity contribution in [2.45, 2.75) is 6.92 Å². The molecular formula is C9H12O4. The Labute approximate surface area is 76.3 Å². The Balaban J connectivity index is 0.000000251. The number of rotatable bonds is 0. The van der Waals surface area contributed by atoms with Gasteiger partial charge in [-0.1, -0.05) is 0 Å². The highest BCUT2D eigenvalue weighted by molar-refractivity contribution is 5.46. The third kappa shape index (κ3) is 2.52. The summed E-state index contributed by atoms with van der Waals surface area (Å²) in [6.07, 6.45) is 0. The zero-order valence-corrected chi connectivity index (χ0v) is 7.36. The zero-order valence-electron chi connectivity index (χ0n) is 7.36. The number of ether oxygens (including phenoxy) is 2. The number of hydrogen-bond acceptors (Lipinski definition) is 4. The second-order valence-electron chi connectivity index (χ2n) is 2.35. The van der Waals surface area contributed by atoms with Crippen LogP contribution in [0.25, 0.3) is 0 Å². The van der Waals surface area contributed by atoms with Crippen LogP contribution in [0, 0.1) is 0 Å². The van der Waals surface area contributed by atoms with Gasteiger partial charge in [-0.2, -0.15) is 0 Å². The van der Waals surface area contributed by atoms with Crippen molar-refractivity contribution in [3.63, 3.8) is 0 Å². The molecule has 0 radical (unpaired) electrons. The highest BCUT2D eigenvalue weighted by atomic mass is 16.7. The predicted octanol–water partition coefficient (Wildman–Crippen LogP) is 1.12. The number of aliphatic hydroxyl groups excluding tert-OH is 1. The fraction of sp³-hybridized carbons (Fsp3) is 0.333. The molecule has 2 rings (SSSR count). The smallest absolute Gasteiger partial charge is 0.231 e. The Morgan fingerprint density at radius 1 is 1.31 bits per heavy atom. The largest absolute Gasteiger partial charge is 0.508 e. The highest BCUT2D eigenvalue weighted by Crippen LogP contribution is 2.34. The van der Waals surface area contributed by atoms with Gasteiger partial charge in [-0.25, -0.2) is 0 Å². The molecule has 1 aliphatic heterocycles. The molecule has 13 heavy (non-hydrogen) atoms. The Hall–Kier alpha value is -1.42. The van der Waals surface area contributed by atoms with Crippen LogP contribution in [0.3, 0.4) is 0 Å². The van der Waals surface area contributed by atoms with Crippen LogP contribution in [0.1, 0.15) is 6.92 Å². The van der Waals surface area contributed by atoms with Crippen molar-refractivity contribution in [1.82, 2.24) is 0 Å². The topological polar surface area (TPSA) is 58.9 Å². The number of aromatic hydroxyl groups is 1. The molecule has 0 fully saturated rings. The molecule has 0 spiro atoms. The first-order valence-electron chi connectivity index (χ1n) is 3.97. The first kappa shape index (κ1) is 9.67. The van der Waals surface area contributed by atoms with Crippen molar-refractivity contribution in [2.75, 3.05) is 13.4 Å². The Morgan fingerprint density at radius 3 is 2.62 bits per heavy atom. The number of phenolic OH excluding ortho intramolecular Hbond substituents is 1. The predicted molar refractivity (Wildman–Crippen MR) is 47.0 cm³/mol. The number of benzene rings is 1. The van der Waals surface area contributed by atoms with E-state index in [0.29, 0.717) is 11.5 Å². The molecule has 1 aliphatic rings. The molecule has 0 aliphatic carbocycles. The average molecular weight is 184 g/mol. The van der Waals surface area contributed by atoms with Crippen LogP contribution in [0.4, 0.5) is 0 Å². The number of fused-ring (bicyclic) bond motifs is 1. The minimum Gasteiger partial charge on any atom is -0.508 e. The van der Waals surface area contributed by atoms with E-state index in [0.717, 1.165) is 0 Å². The van der Waals surface area contributed by atoms with E-state index in [1.807, 2.05) is 0 Å². The van der Waals surface area contributed by atoms with Crippen LogP contribution in [0.2, 0.25) is 0 Å². The molecule has 0 atom stereocenters. The summed E-state index contributed by atoms with van der Waals surface area (Å²) in [6.45, 7) is 2.18. The van der Waals surface area contributed by atoms with Crippen LogP contribution in [-0.4, -0.2) is 23.6 Å². The van der Waals surface area contributed by atoms with Gasteiger partial charge in [-0.3, -0.25) is 0 Å². The fourth-order valence-electron chi connectivity index (χ4n) is 0.885. The molecule has 4 heteroatoms. The summed E-state index contributed by atoms with van der Waals surface area (Å²) in [6, 6.07) is 4.77. The molecule has 4 nitrogen and oxygen atoms in total. The van der Waals surface area contributed by atoms with Crippen LogP contribution < -0.4 is 9.47 Å². The number of aliphatic hydroxyl groups is 1. The maximum absolute atomic E-state index is 8.96. The van der Waals surface area contributed by atoms with Gasteiger partial charge < -0.3 is 19.7 Å². The Kier molecular flexibility index (Phi) is 3.40. The third-order valence-electron chi connectivity index (χ3n) is 1.36. The fourth-order valence-corrected chi connectivity index (χ4v) is 0.885. The quantitative estimate of drug-likeness (QED) is 0.634. The van der Waals surface area contributed by atoms with Crippen LogP contribution in [0.15, 0.2) is 18.2 Å². The number of phenols is 1. The van der Waals surface area contributed by atoms with Gasteiger partial charge >= 0.3 is 0 Å². The van der Waals surface area contributed by atoms with E-state index in [9.17, 15) is 0 Å². The molecule has 1 aromatic rings. The first-order valence-corrected chi connectivity index (χ1v) is 3.97. The molecule has 0 saturated carbocycles. The second-order valence-corrected chi connectivity index (χ2v) is 2.35. The van der Waals surface area contributed by atoms with Gasteiger partial charge in [-0.15, -0.1) is 0 Å². The van der Waals surface area contributed by atoms with E-state index < -0.39 is 0 Å². The average Bonchev–Trinajstić information content (AvgIpc) is 2.52. The molecule has 0 amide bonds. The van der Waals surface area contributed by atoms with Crippen molar-refractivity contribution in [1.29, 1.82) is 0 Å². The monoisotopic (exact) mass is 184 g/mol. The van der Waals surface area contributed by atoms with Gasteiger partial charge in [0.25, 0.3) is 0 Å². The van der Waals surface area contributed by atoms with Gasteiger partial charge in [0.1, 0.15) is 5.75 Å². The molecule has 0 aromatic heterocycles. The lowest BCUT2D eigenvalue weighted by Crippen LogP contribution is -1.92. The van der Waals surface area contributed by atoms with Gasteiger partial charge in [0, 0.05) is 12.7 Å². The maximum Gasteiger partial charge on any atom is 0.231 e. The summed E-state index contributed by atoms with van der Waals surface area (Å²) in [4.78, 5) is 0. The minimum atomic E-state index is 0.198. The summed E-state index contributed by atoms with van der Waals surface area (Å²) < 4.78 is 10.0. The van der Waals surface area contributed by atoms with Crippen molar-refractivity contribution in [2.24, 2.45) is 0 Å². The van der Waals surface area contributed by atoms with E-state index >= 15 is 0 Å². The molecule has 1 heterocycles. The van der Waals surface area contributed by atoms with E-state index in [4.69, 9.17) is 19.7 Å². The lowest BCUT2D eigenvalue weighted by Gasteiger charge is -1.93. The summed E-state index contributed by atoms with van der Waals surface area (Å²) >= 11 is 0. The van der Waals surface area contributed by atoms with Gasteiger partial charge in [0.15, 0.2) is 11.5 Å². The molecule has 72 valence electrons. The molecule has 0 saturated heterocycles. The van der Waals surface area contributed by atoms with Gasteiger partial charge in [0.2, 0.25) is 6.79 Å². The minimum absolute atomic E-state index is 0.198. The van der Waals surface area contributed by atoms with Crippen molar-refractivity contribution in [3.8, 4) is 17.2 Å². The van der Waals surface area contributed by atoms with Gasteiger partial charge in [0.05, 0.1) is 0 Å². The normalized spacial score (nSPS) is 11.8. The Morgan fingerprint density at radius 2 is 1.92 bits per heavy atom. The lowest BCUT2D eigenvalue weighted by atomic mass is 10.3. The zero-order chi connectivity index (χ0) is 9.68. The molecule has 2 N–H and O–H groups in total. The summed E-state index contributed by atoms with van der Waals surface area (Å²) in [5.74, 6) is 1.50. The Bertz CT molecular complexity index is 272. The molecular weight excluding hydrogens is 172 g/mol. The van der Waals surface area contributed by atoms with E-state index in [-0.39, 0.29) is 19.1 Å². The van der Waals surface area contributed by atoms with Crippen LogP contribution >= 0.6 is 0 Å². The standard InChI is InChI=1S/C7H6O3.C2H6O/c8-5-1-2-6-7(3-5)10-4-9-6;1-2-3/h1-3,8H,4H2;3H,2H2,1H3. The summed E-state index contributed by atoms with van der Waals surface area (Å²) in [5, 5.41) is 16.5. The van der Waals surface area contributed by atoms with E-state index in [1.165, 1.54) is 6.07 Å². The molecule has 1 aromatic carbocycles. The maximum atomic E-state index is 8.96. The third-order valence-corrected chi connectivity index (χ3v) is 1.36. The van der Waals surface area contributed by atoms with Gasteiger partial charge in [-0.05, 0) is 19.1 Å². The van der Waals surface area contributed by atoms with Crippen LogP contribution in [0.5, 0.6) is 17.2 Å². The van der Waals surface area contributed by atoms with Crippen molar-refractivity contribution >= 4 is 0 Å². The molecule has 0 unspecified atom stereocenters. The molecule has 0 bridgehead atoms. The van der Waals surface area contributed by atoms with Crippen LogP contribution in [-0.2, 0) is 0 Å². The van der Waals surface area contributed by atoms with Crippen molar-refractivity contribution in [3.05, 3.63) is 18.2 Å². The first-order chi connectivity index (χ1) is 6.27. The summed E-state index contributed by atoms with van der Waals surface area (Å²) in [5.41, 5.74) is 0. The second kappa shape index (κ2) is 4.57. The van der Waals surface area contributed by atoms with E-state index in [1.54, 1.807) is 19.1 Å². The highest BCUT2D eigenvalue weighted by Gasteiger charge is 2.12. The SMILES string of the molecule is CCO.Oc1ccc2c(c1)OCO2. The lowest BCUT2D eigenvalue weighted by molar-refractivity contribution is 0.174.